The molecule has 0 aliphatic rings. The number of aldehydes is 1. The Kier molecular flexibility index (Phi) is 4.24. The number of carbonyl (C=O) groups excluding carboxylic acids is 1. The summed E-state index contributed by atoms with van der Waals surface area (Å²) in [4.78, 5) is 10.7. The second kappa shape index (κ2) is 5.46. The molecular formula is C11H16N2OSi. The summed E-state index contributed by atoms with van der Waals surface area (Å²) >= 11 is 0. The molecule has 4 heteroatoms. The predicted molar refractivity (Wildman–Crippen MR) is 66.1 cm³/mol. The molecule has 0 amide bonds. The van der Waals surface area contributed by atoms with Crippen LogP contribution < -0.4 is 0 Å². The second-order valence-electron chi connectivity index (χ2n) is 3.66. The van der Waals surface area contributed by atoms with Gasteiger partial charge in [0.05, 0.1) is 6.21 Å². The van der Waals surface area contributed by atoms with Crippen LogP contribution in [-0.4, -0.2) is 33.2 Å². The van der Waals surface area contributed by atoms with Gasteiger partial charge in [-0.05, 0) is 0 Å². The number of carbonyl (C=O) groups is 1. The molecular weight excluding hydrogens is 204 g/mol. The molecule has 0 aliphatic heterocycles. The zero-order chi connectivity index (χ0) is 11.3. The Morgan fingerprint density at radius 1 is 1.27 bits per heavy atom. The standard InChI is InChI=1S/C11H16N2OSi/c1-13(15(2)3)12-8-10-6-4-5-7-11(10)9-14/h4-9,15H,1-3H3. The first-order chi connectivity index (χ1) is 7.15. The van der Waals surface area contributed by atoms with Crippen LogP contribution in [0.1, 0.15) is 15.9 Å². The summed E-state index contributed by atoms with van der Waals surface area (Å²) < 4.78 is 1.99. The van der Waals surface area contributed by atoms with Gasteiger partial charge in [0.1, 0.15) is 0 Å². The number of benzene rings is 1. The van der Waals surface area contributed by atoms with Crippen LogP contribution in [0.5, 0.6) is 0 Å². The van der Waals surface area contributed by atoms with E-state index in [0.717, 1.165) is 11.8 Å². The van der Waals surface area contributed by atoms with E-state index in [9.17, 15) is 4.79 Å². The predicted octanol–water partition coefficient (Wildman–Crippen LogP) is 1.75. The maximum atomic E-state index is 10.7. The Morgan fingerprint density at radius 3 is 2.40 bits per heavy atom. The molecule has 0 saturated heterocycles. The van der Waals surface area contributed by atoms with E-state index in [1.165, 1.54) is 0 Å². The fourth-order valence-corrected chi connectivity index (χ4v) is 1.36. The van der Waals surface area contributed by atoms with E-state index in [1.807, 2.05) is 29.9 Å². The second-order valence-corrected chi connectivity index (χ2v) is 6.59. The van der Waals surface area contributed by atoms with Crippen molar-refractivity contribution in [2.45, 2.75) is 13.1 Å². The zero-order valence-electron chi connectivity index (χ0n) is 9.34. The van der Waals surface area contributed by atoms with Crippen molar-refractivity contribution in [2.24, 2.45) is 5.10 Å². The first-order valence-electron chi connectivity index (χ1n) is 4.96. The first-order valence-corrected chi connectivity index (χ1v) is 7.78. The number of rotatable bonds is 4. The summed E-state index contributed by atoms with van der Waals surface area (Å²) in [5, 5.41) is 4.31. The fourth-order valence-electron chi connectivity index (χ4n) is 1.02. The van der Waals surface area contributed by atoms with Crippen molar-refractivity contribution < 1.29 is 4.79 Å². The van der Waals surface area contributed by atoms with Gasteiger partial charge >= 0.3 is 0 Å². The number of nitrogens with zero attached hydrogens (tertiary/aromatic N) is 2. The van der Waals surface area contributed by atoms with Gasteiger partial charge in [-0.15, -0.1) is 0 Å². The number of hydrogen-bond donors (Lipinski definition) is 0. The Bertz CT molecular complexity index is 363. The van der Waals surface area contributed by atoms with Gasteiger partial charge in [-0.2, -0.15) is 5.10 Å². The molecule has 0 N–H and O–H groups in total. The molecule has 1 rings (SSSR count). The Morgan fingerprint density at radius 2 is 1.87 bits per heavy atom. The molecule has 0 unspecified atom stereocenters. The molecule has 0 bridgehead atoms. The van der Waals surface area contributed by atoms with Crippen molar-refractivity contribution in [3.63, 3.8) is 0 Å². The molecule has 80 valence electrons. The highest BCUT2D eigenvalue weighted by Gasteiger charge is 2.01. The van der Waals surface area contributed by atoms with Crippen LogP contribution in [0.2, 0.25) is 13.1 Å². The van der Waals surface area contributed by atoms with Crippen LogP contribution >= 0.6 is 0 Å². The topological polar surface area (TPSA) is 32.7 Å². The van der Waals surface area contributed by atoms with Crippen molar-refractivity contribution in [3.05, 3.63) is 35.4 Å². The SMILES string of the molecule is CN(N=Cc1ccccc1C=O)[SiH](C)C. The smallest absolute Gasteiger partial charge is 0.156 e. The van der Waals surface area contributed by atoms with E-state index in [0.29, 0.717) is 5.56 Å². The highest BCUT2D eigenvalue weighted by Crippen LogP contribution is 2.03. The number of hydrazone groups is 1. The zero-order valence-corrected chi connectivity index (χ0v) is 10.5. The van der Waals surface area contributed by atoms with Crippen molar-refractivity contribution in [1.29, 1.82) is 0 Å². The lowest BCUT2D eigenvalue weighted by molar-refractivity contribution is 0.112. The van der Waals surface area contributed by atoms with Crippen LogP contribution in [0.15, 0.2) is 29.4 Å². The third-order valence-electron chi connectivity index (χ3n) is 2.25. The van der Waals surface area contributed by atoms with Crippen LogP contribution in [0.4, 0.5) is 0 Å². The summed E-state index contributed by atoms with van der Waals surface area (Å²) in [6.45, 7) is 4.39. The molecule has 0 heterocycles. The normalized spacial score (nSPS) is 10.9. The van der Waals surface area contributed by atoms with E-state index in [1.54, 1.807) is 12.3 Å². The molecule has 1 aromatic carbocycles. The van der Waals surface area contributed by atoms with E-state index in [-0.39, 0.29) is 0 Å². The minimum atomic E-state index is -0.883. The van der Waals surface area contributed by atoms with Crippen molar-refractivity contribution in [2.75, 3.05) is 7.05 Å². The molecule has 15 heavy (non-hydrogen) atoms. The summed E-state index contributed by atoms with van der Waals surface area (Å²) in [6, 6.07) is 7.44. The van der Waals surface area contributed by atoms with E-state index >= 15 is 0 Å². The Labute approximate surface area is 92.1 Å². The van der Waals surface area contributed by atoms with Crippen molar-refractivity contribution in [3.8, 4) is 0 Å². The monoisotopic (exact) mass is 220 g/mol. The van der Waals surface area contributed by atoms with Crippen molar-refractivity contribution >= 4 is 21.5 Å². The van der Waals surface area contributed by atoms with Gasteiger partial charge in [0, 0.05) is 18.2 Å². The van der Waals surface area contributed by atoms with Gasteiger partial charge in [-0.1, -0.05) is 37.4 Å². The van der Waals surface area contributed by atoms with Gasteiger partial charge in [0.25, 0.3) is 0 Å². The quantitative estimate of drug-likeness (QED) is 0.335. The molecule has 0 saturated carbocycles. The van der Waals surface area contributed by atoms with Crippen LogP contribution in [0, 0.1) is 0 Å². The fraction of sp³-hybridized carbons (Fsp3) is 0.273. The third kappa shape index (κ3) is 3.32. The summed E-state index contributed by atoms with van der Waals surface area (Å²) in [5.41, 5.74) is 1.55. The van der Waals surface area contributed by atoms with Gasteiger partial charge in [0.15, 0.2) is 15.2 Å². The maximum Gasteiger partial charge on any atom is 0.156 e. The van der Waals surface area contributed by atoms with E-state index < -0.39 is 8.96 Å². The average molecular weight is 220 g/mol. The Balaban J connectivity index is 2.84. The molecule has 0 atom stereocenters. The lowest BCUT2D eigenvalue weighted by atomic mass is 10.1. The summed E-state index contributed by atoms with van der Waals surface area (Å²) in [7, 11) is 1.09. The van der Waals surface area contributed by atoms with E-state index in [4.69, 9.17) is 0 Å². The van der Waals surface area contributed by atoms with Crippen LogP contribution in [0.3, 0.4) is 0 Å². The molecule has 0 fully saturated rings. The third-order valence-corrected chi connectivity index (χ3v) is 3.88. The van der Waals surface area contributed by atoms with Crippen LogP contribution in [-0.2, 0) is 0 Å². The van der Waals surface area contributed by atoms with Gasteiger partial charge < -0.3 is 4.67 Å². The molecule has 3 nitrogen and oxygen atoms in total. The van der Waals surface area contributed by atoms with Crippen molar-refractivity contribution in [1.82, 2.24) is 4.67 Å². The molecule has 0 spiro atoms. The molecule has 0 aromatic heterocycles. The van der Waals surface area contributed by atoms with Gasteiger partial charge in [0.2, 0.25) is 0 Å². The molecule has 0 radical (unpaired) electrons. The average Bonchev–Trinajstić information content (AvgIpc) is 2.26. The lowest BCUT2D eigenvalue weighted by Crippen LogP contribution is -2.24. The molecule has 1 aromatic rings. The Hall–Kier alpha value is -1.42. The van der Waals surface area contributed by atoms with Gasteiger partial charge in [-0.3, -0.25) is 4.79 Å². The van der Waals surface area contributed by atoms with Crippen LogP contribution in [0.25, 0.3) is 0 Å². The highest BCUT2D eigenvalue weighted by molar-refractivity contribution is 6.52. The minimum Gasteiger partial charge on any atom is -0.331 e. The minimum absolute atomic E-state index is 0.681. The summed E-state index contributed by atoms with van der Waals surface area (Å²) in [6.07, 6.45) is 2.60. The first kappa shape index (κ1) is 11.7. The lowest BCUT2D eigenvalue weighted by Gasteiger charge is -2.15. The van der Waals surface area contributed by atoms with Gasteiger partial charge in [-0.25, -0.2) is 0 Å². The maximum absolute atomic E-state index is 10.7. The molecule has 0 aliphatic carbocycles. The largest absolute Gasteiger partial charge is 0.331 e. The number of hydrogen-bond acceptors (Lipinski definition) is 3. The highest BCUT2D eigenvalue weighted by atomic mass is 28.3. The van der Waals surface area contributed by atoms with E-state index in [2.05, 4.69) is 18.2 Å². The summed E-state index contributed by atoms with van der Waals surface area (Å²) in [5.74, 6) is 0.